The Kier molecular flexibility index (Phi) is 3.65. The molecule has 0 unspecified atom stereocenters. The molecule has 0 bridgehead atoms. The second-order valence-electron chi connectivity index (χ2n) is 3.09. The van der Waals surface area contributed by atoms with Crippen LogP contribution in [0.1, 0.15) is 19.0 Å². The van der Waals surface area contributed by atoms with Gasteiger partial charge in [-0.1, -0.05) is 6.92 Å². The lowest BCUT2D eigenvalue weighted by Crippen LogP contribution is -2.26. The number of aryl methyl sites for hydroxylation is 1. The summed E-state index contributed by atoms with van der Waals surface area (Å²) < 4.78 is 26.8. The van der Waals surface area contributed by atoms with E-state index in [1.54, 1.807) is 24.0 Å². The summed E-state index contributed by atoms with van der Waals surface area (Å²) >= 11 is 0. The molecule has 0 fully saturated rings. The van der Waals surface area contributed by atoms with Crippen LogP contribution in [-0.4, -0.2) is 24.0 Å². The van der Waals surface area contributed by atoms with Gasteiger partial charge < -0.3 is 0 Å². The van der Waals surface area contributed by atoms with Crippen molar-refractivity contribution < 1.29 is 8.42 Å². The predicted octanol–water partition coefficient (Wildman–Crippen LogP) is 0.249. The number of sulfonamides is 1. The third kappa shape index (κ3) is 3.12. The van der Waals surface area contributed by atoms with Crippen LogP contribution in [0.4, 0.5) is 0 Å². The smallest absolute Gasteiger partial charge is 0.211 e. The van der Waals surface area contributed by atoms with E-state index in [-0.39, 0.29) is 5.75 Å². The zero-order valence-electron chi connectivity index (χ0n) is 8.40. The molecule has 14 heavy (non-hydrogen) atoms. The summed E-state index contributed by atoms with van der Waals surface area (Å²) in [6.07, 6.45) is 2.27. The average molecular weight is 217 g/mol. The van der Waals surface area contributed by atoms with E-state index in [4.69, 9.17) is 0 Å². The van der Waals surface area contributed by atoms with Crippen molar-refractivity contribution in [2.24, 2.45) is 7.05 Å². The molecule has 1 aromatic rings. The lowest BCUT2D eigenvalue weighted by atomic mass is 10.4. The predicted molar refractivity (Wildman–Crippen MR) is 54.1 cm³/mol. The van der Waals surface area contributed by atoms with Crippen molar-refractivity contribution in [3.8, 4) is 0 Å². The Morgan fingerprint density at radius 1 is 1.57 bits per heavy atom. The molecule has 0 spiro atoms. The van der Waals surface area contributed by atoms with Crippen LogP contribution >= 0.6 is 0 Å². The second kappa shape index (κ2) is 4.56. The lowest BCUT2D eigenvalue weighted by Gasteiger charge is -2.05. The van der Waals surface area contributed by atoms with E-state index in [1.165, 1.54) is 0 Å². The van der Waals surface area contributed by atoms with Gasteiger partial charge >= 0.3 is 0 Å². The molecule has 1 rings (SSSR count). The number of nitrogens with zero attached hydrogens (tertiary/aromatic N) is 2. The minimum atomic E-state index is -3.12. The fourth-order valence-corrected chi connectivity index (χ4v) is 2.15. The molecule has 1 aromatic heterocycles. The Balaban J connectivity index is 2.53. The summed E-state index contributed by atoms with van der Waals surface area (Å²) in [5, 5.41) is 3.95. The van der Waals surface area contributed by atoms with E-state index in [0.717, 1.165) is 5.69 Å². The van der Waals surface area contributed by atoms with E-state index in [2.05, 4.69) is 9.82 Å². The first-order valence-electron chi connectivity index (χ1n) is 4.49. The standard InChI is InChI=1S/C8H15N3O2S/c1-3-6-14(12,13)10-7-8-4-5-9-11(8)2/h4-5,10H,3,6-7H2,1-2H3. The van der Waals surface area contributed by atoms with Crippen molar-refractivity contribution in [2.75, 3.05) is 5.75 Å². The molecule has 0 amide bonds. The van der Waals surface area contributed by atoms with E-state index < -0.39 is 10.0 Å². The van der Waals surface area contributed by atoms with Gasteiger partial charge in [0.25, 0.3) is 0 Å². The Bertz CT molecular complexity index is 383. The van der Waals surface area contributed by atoms with E-state index >= 15 is 0 Å². The van der Waals surface area contributed by atoms with Gasteiger partial charge in [-0.15, -0.1) is 0 Å². The van der Waals surface area contributed by atoms with Gasteiger partial charge in [-0.3, -0.25) is 4.68 Å². The van der Waals surface area contributed by atoms with Crippen LogP contribution in [0.2, 0.25) is 0 Å². The summed E-state index contributed by atoms with van der Waals surface area (Å²) in [5.41, 5.74) is 0.852. The first-order chi connectivity index (χ1) is 6.55. The Morgan fingerprint density at radius 3 is 2.79 bits per heavy atom. The van der Waals surface area contributed by atoms with Crippen molar-refractivity contribution >= 4 is 10.0 Å². The summed E-state index contributed by atoms with van der Waals surface area (Å²) in [6.45, 7) is 2.14. The Hall–Kier alpha value is -0.880. The van der Waals surface area contributed by atoms with Gasteiger partial charge in [-0.05, 0) is 12.5 Å². The molecule has 0 aliphatic heterocycles. The minimum Gasteiger partial charge on any atom is -0.271 e. The normalized spacial score (nSPS) is 11.9. The van der Waals surface area contributed by atoms with E-state index in [9.17, 15) is 8.42 Å². The molecule has 6 heteroatoms. The van der Waals surface area contributed by atoms with Crippen molar-refractivity contribution in [3.05, 3.63) is 18.0 Å². The second-order valence-corrected chi connectivity index (χ2v) is 5.01. The zero-order valence-corrected chi connectivity index (χ0v) is 9.21. The van der Waals surface area contributed by atoms with E-state index in [1.807, 2.05) is 6.92 Å². The monoisotopic (exact) mass is 217 g/mol. The molecule has 80 valence electrons. The van der Waals surface area contributed by atoms with E-state index in [0.29, 0.717) is 13.0 Å². The van der Waals surface area contributed by atoms with Crippen LogP contribution < -0.4 is 4.72 Å². The van der Waals surface area contributed by atoms with Crippen LogP contribution in [0.5, 0.6) is 0 Å². The molecule has 0 saturated heterocycles. The molecule has 5 nitrogen and oxygen atoms in total. The Labute approximate surface area is 84.2 Å². The van der Waals surface area contributed by atoms with Gasteiger partial charge in [-0.2, -0.15) is 5.10 Å². The van der Waals surface area contributed by atoms with Gasteiger partial charge in [0.1, 0.15) is 0 Å². The van der Waals surface area contributed by atoms with Crippen LogP contribution in [0.3, 0.4) is 0 Å². The molecular weight excluding hydrogens is 202 g/mol. The highest BCUT2D eigenvalue weighted by molar-refractivity contribution is 7.89. The molecule has 0 aliphatic carbocycles. The highest BCUT2D eigenvalue weighted by Gasteiger charge is 2.08. The molecule has 1 heterocycles. The molecule has 0 radical (unpaired) electrons. The number of hydrogen-bond acceptors (Lipinski definition) is 3. The minimum absolute atomic E-state index is 0.171. The molecule has 0 aliphatic rings. The largest absolute Gasteiger partial charge is 0.271 e. The van der Waals surface area contributed by atoms with Gasteiger partial charge in [0.05, 0.1) is 18.0 Å². The first-order valence-corrected chi connectivity index (χ1v) is 6.14. The van der Waals surface area contributed by atoms with Crippen molar-refractivity contribution in [3.63, 3.8) is 0 Å². The topological polar surface area (TPSA) is 64.0 Å². The van der Waals surface area contributed by atoms with Crippen molar-refractivity contribution in [2.45, 2.75) is 19.9 Å². The molecular formula is C8H15N3O2S. The maximum Gasteiger partial charge on any atom is 0.211 e. The maximum absolute atomic E-state index is 11.3. The SMILES string of the molecule is CCCS(=O)(=O)NCc1ccnn1C. The first kappa shape index (κ1) is 11.2. The van der Waals surface area contributed by atoms with Gasteiger partial charge in [0.15, 0.2) is 0 Å². The third-order valence-corrected chi connectivity index (χ3v) is 3.40. The average Bonchev–Trinajstić information content (AvgIpc) is 2.48. The number of rotatable bonds is 5. The molecule has 1 N–H and O–H groups in total. The van der Waals surface area contributed by atoms with Crippen LogP contribution in [-0.2, 0) is 23.6 Å². The molecule has 0 saturated carbocycles. The molecule has 0 aromatic carbocycles. The summed E-state index contributed by atoms with van der Waals surface area (Å²) in [7, 11) is -1.33. The van der Waals surface area contributed by atoms with Gasteiger partial charge in [0.2, 0.25) is 10.0 Å². The molecule has 0 atom stereocenters. The highest BCUT2D eigenvalue weighted by atomic mass is 32.2. The van der Waals surface area contributed by atoms with Crippen LogP contribution in [0.25, 0.3) is 0 Å². The Morgan fingerprint density at radius 2 is 2.29 bits per heavy atom. The summed E-state index contributed by atoms with van der Waals surface area (Å²) in [5.74, 6) is 0.171. The van der Waals surface area contributed by atoms with Gasteiger partial charge in [-0.25, -0.2) is 13.1 Å². The zero-order chi connectivity index (χ0) is 10.6. The van der Waals surface area contributed by atoms with Crippen molar-refractivity contribution in [1.82, 2.24) is 14.5 Å². The summed E-state index contributed by atoms with van der Waals surface area (Å²) in [4.78, 5) is 0. The summed E-state index contributed by atoms with van der Waals surface area (Å²) in [6, 6.07) is 1.79. The lowest BCUT2D eigenvalue weighted by molar-refractivity contribution is 0.576. The van der Waals surface area contributed by atoms with Crippen LogP contribution in [0.15, 0.2) is 12.3 Å². The van der Waals surface area contributed by atoms with Gasteiger partial charge in [0, 0.05) is 13.2 Å². The number of hydrogen-bond donors (Lipinski definition) is 1. The van der Waals surface area contributed by atoms with Crippen LogP contribution in [0, 0.1) is 0 Å². The fraction of sp³-hybridized carbons (Fsp3) is 0.625. The number of aromatic nitrogens is 2. The fourth-order valence-electron chi connectivity index (χ4n) is 1.10. The van der Waals surface area contributed by atoms with Crippen molar-refractivity contribution in [1.29, 1.82) is 0 Å². The maximum atomic E-state index is 11.3. The third-order valence-electron chi connectivity index (χ3n) is 1.87. The quantitative estimate of drug-likeness (QED) is 0.769. The number of nitrogens with one attached hydrogen (secondary N) is 1. The highest BCUT2D eigenvalue weighted by Crippen LogP contribution is 1.97.